The molecule has 108 valence electrons. The lowest BCUT2D eigenvalue weighted by Gasteiger charge is -2.28. The normalized spacial score (nSPS) is 21.8. The summed E-state index contributed by atoms with van der Waals surface area (Å²) >= 11 is 0. The van der Waals surface area contributed by atoms with Gasteiger partial charge in [0.25, 0.3) is 0 Å². The number of nitrogens with one attached hydrogen (secondary N) is 3. The van der Waals surface area contributed by atoms with Gasteiger partial charge in [-0.3, -0.25) is 4.79 Å². The Bertz CT molecular complexity index is 506. The molecular weight excluding hydrogens is 262 g/mol. The molecule has 4 N–H and O–H groups in total. The van der Waals surface area contributed by atoms with Crippen LogP contribution in [-0.4, -0.2) is 36.4 Å². The molecule has 2 atom stereocenters. The summed E-state index contributed by atoms with van der Waals surface area (Å²) in [4.78, 5) is 22.9. The fourth-order valence-corrected chi connectivity index (χ4v) is 1.97. The molecule has 0 radical (unpaired) electrons. The molecule has 3 amide bonds. The molecule has 1 aromatic rings. The van der Waals surface area contributed by atoms with E-state index in [1.807, 2.05) is 0 Å². The lowest BCUT2D eigenvalue weighted by Crippen LogP contribution is -2.56. The van der Waals surface area contributed by atoms with Crippen molar-refractivity contribution in [1.29, 1.82) is 0 Å². The molecule has 1 aromatic carbocycles. The Morgan fingerprint density at radius 2 is 2.30 bits per heavy atom. The fourth-order valence-electron chi connectivity index (χ4n) is 1.97. The summed E-state index contributed by atoms with van der Waals surface area (Å²) in [6.07, 6.45) is -0.382. The van der Waals surface area contributed by atoms with E-state index in [1.165, 1.54) is 0 Å². The first kappa shape index (κ1) is 14.1. The minimum atomic E-state index is -1.06. The van der Waals surface area contributed by atoms with Crippen molar-refractivity contribution in [3.8, 4) is 5.75 Å². The number of ether oxygens (including phenoxy) is 1. The van der Waals surface area contributed by atoms with E-state index >= 15 is 0 Å². The number of hydrogen-bond acceptors (Lipinski definition) is 4. The summed E-state index contributed by atoms with van der Waals surface area (Å²) in [6, 6.07) is 5.98. The Morgan fingerprint density at radius 3 is 3.00 bits per heavy atom. The molecule has 0 aromatic heterocycles. The molecule has 0 aliphatic carbocycles. The van der Waals surface area contributed by atoms with Crippen molar-refractivity contribution in [2.45, 2.75) is 25.1 Å². The van der Waals surface area contributed by atoms with Gasteiger partial charge in [0.2, 0.25) is 5.91 Å². The van der Waals surface area contributed by atoms with Crippen LogP contribution >= 0.6 is 0 Å². The van der Waals surface area contributed by atoms with Crippen molar-refractivity contribution < 1.29 is 19.4 Å². The Labute approximate surface area is 116 Å². The van der Waals surface area contributed by atoms with Crippen molar-refractivity contribution in [3.63, 3.8) is 0 Å². The second-order valence-electron chi connectivity index (χ2n) is 4.49. The van der Waals surface area contributed by atoms with Crippen molar-refractivity contribution in [2.75, 3.05) is 12.4 Å². The molecular formula is C13H17N3O4. The zero-order valence-electron chi connectivity index (χ0n) is 11.1. The largest absolute Gasteiger partial charge is 0.497 e. The number of carbonyl (C=O) groups excluding carboxylic acids is 2. The molecule has 0 saturated carbocycles. The lowest BCUT2D eigenvalue weighted by molar-refractivity contribution is -0.127. The average Bonchev–Trinajstić information content (AvgIpc) is 2.42. The van der Waals surface area contributed by atoms with Gasteiger partial charge in [0.15, 0.2) is 0 Å². The first-order valence-corrected chi connectivity index (χ1v) is 6.27. The summed E-state index contributed by atoms with van der Waals surface area (Å²) in [5, 5.41) is 17.3. The number of piperidine rings is 1. The number of aliphatic hydroxyl groups is 1. The predicted molar refractivity (Wildman–Crippen MR) is 72.3 cm³/mol. The van der Waals surface area contributed by atoms with Crippen molar-refractivity contribution >= 4 is 17.6 Å². The van der Waals surface area contributed by atoms with E-state index in [0.717, 1.165) is 0 Å². The second kappa shape index (κ2) is 6.25. The van der Waals surface area contributed by atoms with Crippen LogP contribution in [0.4, 0.5) is 10.5 Å². The third-order valence-corrected chi connectivity index (χ3v) is 3.02. The Hall–Kier alpha value is -2.28. The van der Waals surface area contributed by atoms with E-state index in [9.17, 15) is 14.7 Å². The first-order chi connectivity index (χ1) is 9.58. The van der Waals surface area contributed by atoms with Gasteiger partial charge in [-0.25, -0.2) is 4.79 Å². The zero-order chi connectivity index (χ0) is 14.5. The smallest absolute Gasteiger partial charge is 0.319 e. The van der Waals surface area contributed by atoms with Crippen LogP contribution in [0.25, 0.3) is 0 Å². The van der Waals surface area contributed by atoms with Gasteiger partial charge in [-0.1, -0.05) is 6.07 Å². The quantitative estimate of drug-likeness (QED) is 0.644. The van der Waals surface area contributed by atoms with Crippen LogP contribution in [0, 0.1) is 0 Å². The van der Waals surface area contributed by atoms with Crippen LogP contribution in [0.3, 0.4) is 0 Å². The third-order valence-electron chi connectivity index (χ3n) is 3.02. The van der Waals surface area contributed by atoms with Gasteiger partial charge in [-0.15, -0.1) is 0 Å². The maximum atomic E-state index is 11.8. The number of aliphatic hydroxyl groups excluding tert-OH is 1. The Kier molecular flexibility index (Phi) is 4.41. The van der Waals surface area contributed by atoms with E-state index < -0.39 is 18.3 Å². The molecule has 1 fully saturated rings. The number of rotatable bonds is 3. The van der Waals surface area contributed by atoms with Crippen LogP contribution in [0.2, 0.25) is 0 Å². The fraction of sp³-hybridized carbons (Fsp3) is 0.385. The molecule has 2 rings (SSSR count). The van der Waals surface area contributed by atoms with Gasteiger partial charge in [0.05, 0.1) is 13.2 Å². The number of urea groups is 1. The molecule has 1 saturated heterocycles. The van der Waals surface area contributed by atoms with Crippen LogP contribution in [-0.2, 0) is 4.79 Å². The topological polar surface area (TPSA) is 99.7 Å². The second-order valence-corrected chi connectivity index (χ2v) is 4.49. The minimum Gasteiger partial charge on any atom is -0.497 e. The highest BCUT2D eigenvalue weighted by molar-refractivity contribution is 5.90. The molecule has 1 heterocycles. The molecule has 2 unspecified atom stereocenters. The standard InChI is InChI=1S/C13H17N3O4/c1-20-9-4-2-3-8(7-9)14-13(19)15-10-5-6-11(17)16-12(10)18/h2-4,7,10,12,18H,5-6H2,1H3,(H,16,17)(H2,14,15,19). The van der Waals surface area contributed by atoms with Crippen LogP contribution in [0.1, 0.15) is 12.8 Å². The Balaban J connectivity index is 1.90. The number of hydrogen-bond donors (Lipinski definition) is 4. The maximum Gasteiger partial charge on any atom is 0.319 e. The molecule has 20 heavy (non-hydrogen) atoms. The highest BCUT2D eigenvalue weighted by Crippen LogP contribution is 2.16. The van der Waals surface area contributed by atoms with E-state index in [1.54, 1.807) is 31.4 Å². The SMILES string of the molecule is COc1cccc(NC(=O)NC2CCC(=O)NC2O)c1. The van der Waals surface area contributed by atoms with Gasteiger partial charge >= 0.3 is 6.03 Å². The van der Waals surface area contributed by atoms with Crippen molar-refractivity contribution in [1.82, 2.24) is 10.6 Å². The number of anilines is 1. The van der Waals surface area contributed by atoms with Crippen molar-refractivity contribution in [2.24, 2.45) is 0 Å². The third kappa shape index (κ3) is 3.61. The monoisotopic (exact) mass is 279 g/mol. The minimum absolute atomic E-state index is 0.219. The van der Waals surface area contributed by atoms with E-state index in [0.29, 0.717) is 17.9 Å². The first-order valence-electron chi connectivity index (χ1n) is 6.27. The highest BCUT2D eigenvalue weighted by atomic mass is 16.5. The van der Waals surface area contributed by atoms with Gasteiger partial charge in [0.1, 0.15) is 12.0 Å². The van der Waals surface area contributed by atoms with Gasteiger partial charge in [-0.2, -0.15) is 0 Å². The van der Waals surface area contributed by atoms with E-state index in [2.05, 4.69) is 16.0 Å². The molecule has 1 aliphatic heterocycles. The molecule has 7 heteroatoms. The lowest BCUT2D eigenvalue weighted by atomic mass is 10.1. The van der Waals surface area contributed by atoms with Crippen LogP contribution < -0.4 is 20.7 Å². The number of benzene rings is 1. The zero-order valence-corrected chi connectivity index (χ0v) is 11.1. The van der Waals surface area contributed by atoms with Gasteiger partial charge < -0.3 is 25.8 Å². The van der Waals surface area contributed by atoms with Crippen molar-refractivity contribution in [3.05, 3.63) is 24.3 Å². The predicted octanol–water partition coefficient (Wildman–Crippen LogP) is 0.414. The number of carbonyl (C=O) groups is 2. The van der Waals surface area contributed by atoms with Crippen LogP contribution in [0.15, 0.2) is 24.3 Å². The Morgan fingerprint density at radius 1 is 1.50 bits per heavy atom. The van der Waals surface area contributed by atoms with Gasteiger partial charge in [-0.05, 0) is 18.6 Å². The molecule has 0 bridgehead atoms. The summed E-state index contributed by atoms with van der Waals surface area (Å²) in [5.74, 6) is 0.413. The summed E-state index contributed by atoms with van der Waals surface area (Å²) in [5.41, 5.74) is 0.580. The van der Waals surface area contributed by atoms with Crippen LogP contribution in [0.5, 0.6) is 5.75 Å². The maximum absolute atomic E-state index is 11.8. The highest BCUT2D eigenvalue weighted by Gasteiger charge is 2.27. The molecule has 1 aliphatic rings. The number of methoxy groups -OCH3 is 1. The van der Waals surface area contributed by atoms with E-state index in [4.69, 9.17) is 4.74 Å². The summed E-state index contributed by atoms with van der Waals surface area (Å²) < 4.78 is 5.06. The van der Waals surface area contributed by atoms with E-state index in [-0.39, 0.29) is 12.3 Å². The number of amides is 3. The average molecular weight is 279 g/mol. The summed E-state index contributed by atoms with van der Waals surface area (Å²) in [7, 11) is 1.54. The van der Waals surface area contributed by atoms with Gasteiger partial charge in [0, 0.05) is 18.2 Å². The molecule has 7 nitrogen and oxygen atoms in total. The molecule has 0 spiro atoms. The summed E-state index contributed by atoms with van der Waals surface area (Å²) in [6.45, 7) is 0.